The van der Waals surface area contributed by atoms with Crippen LogP contribution in [0.15, 0.2) is 16.9 Å². The molecule has 11 heavy (non-hydrogen) atoms. The van der Waals surface area contributed by atoms with Crippen molar-refractivity contribution in [1.29, 1.82) is 0 Å². The summed E-state index contributed by atoms with van der Waals surface area (Å²) in [4.78, 5) is 7.74. The van der Waals surface area contributed by atoms with Gasteiger partial charge in [0.15, 0.2) is 5.05 Å². The highest BCUT2D eigenvalue weighted by Gasteiger charge is 1.97. The van der Waals surface area contributed by atoms with Gasteiger partial charge in [-0.25, -0.2) is 4.98 Å². The summed E-state index contributed by atoms with van der Waals surface area (Å²) in [6.07, 6.45) is 1.59. The van der Waals surface area contributed by atoms with Crippen LogP contribution in [0.25, 0.3) is 0 Å². The summed E-state index contributed by atoms with van der Waals surface area (Å²) in [5.41, 5.74) is 0. The molecule has 0 aliphatic carbocycles. The van der Waals surface area contributed by atoms with Crippen molar-refractivity contribution < 1.29 is 4.74 Å². The molecule has 0 saturated carbocycles. The van der Waals surface area contributed by atoms with E-state index in [0.29, 0.717) is 9.65 Å². The van der Waals surface area contributed by atoms with Crippen LogP contribution >= 0.6 is 28.1 Å². The lowest BCUT2D eigenvalue weighted by Crippen LogP contribution is -2.02. The number of thiocarbonyl (C=S) groups is 1. The van der Waals surface area contributed by atoms with Crippen LogP contribution in [0.2, 0.25) is 0 Å². The Hall–Kier alpha value is -0.550. The van der Waals surface area contributed by atoms with Crippen molar-refractivity contribution in [3.05, 3.63) is 16.9 Å². The first-order valence-electron chi connectivity index (χ1n) is 2.85. The SMILES string of the molecule is CC(=S)Oc1nccc(Br)n1. The van der Waals surface area contributed by atoms with E-state index in [1.165, 1.54) is 0 Å². The zero-order chi connectivity index (χ0) is 8.27. The molecular formula is C6H5BrN2OS. The van der Waals surface area contributed by atoms with Gasteiger partial charge in [0.05, 0.1) is 0 Å². The van der Waals surface area contributed by atoms with Gasteiger partial charge in [-0.05, 0) is 34.2 Å². The van der Waals surface area contributed by atoms with Gasteiger partial charge in [0.25, 0.3) is 0 Å². The van der Waals surface area contributed by atoms with Crippen molar-refractivity contribution in [2.75, 3.05) is 0 Å². The number of hydrogen-bond donors (Lipinski definition) is 0. The first-order chi connectivity index (χ1) is 5.18. The van der Waals surface area contributed by atoms with Gasteiger partial charge < -0.3 is 4.74 Å². The molecule has 0 radical (unpaired) electrons. The van der Waals surface area contributed by atoms with Crippen molar-refractivity contribution in [2.45, 2.75) is 6.92 Å². The van der Waals surface area contributed by atoms with Gasteiger partial charge in [-0.3, -0.25) is 0 Å². The smallest absolute Gasteiger partial charge is 0.323 e. The van der Waals surface area contributed by atoms with Crippen LogP contribution in [0.5, 0.6) is 6.01 Å². The summed E-state index contributed by atoms with van der Waals surface area (Å²) in [5, 5.41) is 0.406. The largest absolute Gasteiger partial charge is 0.417 e. The second-order valence-electron chi connectivity index (χ2n) is 1.76. The molecule has 58 valence electrons. The predicted molar refractivity (Wildman–Crippen MR) is 48.6 cm³/mol. The van der Waals surface area contributed by atoms with Crippen molar-refractivity contribution in [3.63, 3.8) is 0 Å². The normalized spacial score (nSPS) is 9.27. The highest BCUT2D eigenvalue weighted by atomic mass is 79.9. The fourth-order valence-corrected chi connectivity index (χ4v) is 0.842. The van der Waals surface area contributed by atoms with Crippen LogP contribution in [-0.4, -0.2) is 15.0 Å². The van der Waals surface area contributed by atoms with Gasteiger partial charge >= 0.3 is 6.01 Å². The Morgan fingerprint density at radius 1 is 1.73 bits per heavy atom. The maximum atomic E-state index is 4.97. The second-order valence-corrected chi connectivity index (χ2v) is 3.14. The van der Waals surface area contributed by atoms with Gasteiger partial charge in [0, 0.05) is 13.1 Å². The van der Waals surface area contributed by atoms with Crippen LogP contribution in [0.3, 0.4) is 0 Å². The topological polar surface area (TPSA) is 35.0 Å². The average Bonchev–Trinajstić information content (AvgIpc) is 1.85. The van der Waals surface area contributed by atoms with Gasteiger partial charge in [-0.1, -0.05) is 0 Å². The van der Waals surface area contributed by atoms with E-state index in [2.05, 4.69) is 25.9 Å². The fourth-order valence-electron chi connectivity index (χ4n) is 0.498. The van der Waals surface area contributed by atoms with Gasteiger partial charge in [0.1, 0.15) is 4.60 Å². The molecule has 0 atom stereocenters. The van der Waals surface area contributed by atoms with Crippen molar-refractivity contribution in [1.82, 2.24) is 9.97 Å². The maximum absolute atomic E-state index is 4.97. The van der Waals surface area contributed by atoms with E-state index >= 15 is 0 Å². The van der Waals surface area contributed by atoms with Crippen molar-refractivity contribution >= 4 is 33.2 Å². The molecule has 0 aliphatic rings. The van der Waals surface area contributed by atoms with Crippen molar-refractivity contribution in [3.8, 4) is 6.01 Å². The monoisotopic (exact) mass is 232 g/mol. The molecule has 0 N–H and O–H groups in total. The molecule has 3 nitrogen and oxygen atoms in total. The standard InChI is InChI=1S/C6H5BrN2OS/c1-4(11)10-6-8-3-2-5(7)9-6/h2-3H,1H3. The Bertz CT molecular complexity index is 279. The molecule has 0 amide bonds. The molecule has 1 aromatic heterocycles. The molecule has 0 aliphatic heterocycles. The summed E-state index contributed by atoms with van der Waals surface area (Å²) in [7, 11) is 0. The minimum Gasteiger partial charge on any atom is -0.417 e. The summed E-state index contributed by atoms with van der Waals surface area (Å²) >= 11 is 7.88. The molecule has 0 unspecified atom stereocenters. The lowest BCUT2D eigenvalue weighted by molar-refractivity contribution is 0.509. The van der Waals surface area contributed by atoms with E-state index in [9.17, 15) is 0 Å². The van der Waals surface area contributed by atoms with E-state index in [1.807, 2.05) is 0 Å². The Kier molecular flexibility index (Phi) is 2.90. The van der Waals surface area contributed by atoms with E-state index in [1.54, 1.807) is 19.2 Å². The van der Waals surface area contributed by atoms with Gasteiger partial charge in [0.2, 0.25) is 0 Å². The zero-order valence-corrected chi connectivity index (χ0v) is 8.15. The van der Waals surface area contributed by atoms with Crippen LogP contribution in [0, 0.1) is 0 Å². The van der Waals surface area contributed by atoms with Crippen LogP contribution in [-0.2, 0) is 0 Å². The van der Waals surface area contributed by atoms with Gasteiger partial charge in [-0.2, -0.15) is 4.98 Å². The highest BCUT2D eigenvalue weighted by molar-refractivity contribution is 9.10. The maximum Gasteiger partial charge on any atom is 0.323 e. The molecule has 1 heterocycles. The summed E-state index contributed by atoms with van der Waals surface area (Å²) < 4.78 is 5.65. The Morgan fingerprint density at radius 2 is 2.45 bits per heavy atom. The van der Waals surface area contributed by atoms with Crippen LogP contribution < -0.4 is 4.74 Å². The zero-order valence-electron chi connectivity index (χ0n) is 5.74. The fraction of sp³-hybridized carbons (Fsp3) is 0.167. The molecular weight excluding hydrogens is 228 g/mol. The summed E-state index contributed by atoms with van der Waals surface area (Å²) in [6, 6.07) is 1.98. The molecule has 0 fully saturated rings. The predicted octanol–water partition coefficient (Wildman–Crippen LogP) is 1.97. The van der Waals surface area contributed by atoms with E-state index < -0.39 is 0 Å². The molecule has 1 rings (SSSR count). The number of ether oxygens (including phenoxy) is 1. The Labute approximate surface area is 77.9 Å². The lowest BCUT2D eigenvalue weighted by atomic mass is 10.7. The number of halogens is 1. The van der Waals surface area contributed by atoms with E-state index in [-0.39, 0.29) is 6.01 Å². The summed E-state index contributed by atoms with van der Waals surface area (Å²) in [6.45, 7) is 1.67. The third-order valence-corrected chi connectivity index (χ3v) is 1.36. The molecule has 1 aromatic rings. The minimum absolute atomic E-state index is 0.270. The molecule has 0 saturated heterocycles. The first kappa shape index (κ1) is 8.55. The summed E-state index contributed by atoms with van der Waals surface area (Å²) in [5.74, 6) is 0. The van der Waals surface area contributed by atoms with E-state index in [0.717, 1.165) is 0 Å². The molecule has 5 heteroatoms. The molecule has 0 aromatic carbocycles. The first-order valence-corrected chi connectivity index (χ1v) is 4.05. The quantitative estimate of drug-likeness (QED) is 0.548. The number of nitrogens with zero attached hydrogens (tertiary/aromatic N) is 2. The Morgan fingerprint density at radius 3 is 3.00 bits per heavy atom. The molecule has 0 spiro atoms. The average molecular weight is 233 g/mol. The minimum atomic E-state index is 0.270. The lowest BCUT2D eigenvalue weighted by Gasteiger charge is -1.98. The number of hydrogen-bond acceptors (Lipinski definition) is 4. The third kappa shape index (κ3) is 2.90. The third-order valence-electron chi connectivity index (χ3n) is 0.835. The second kappa shape index (κ2) is 3.73. The van der Waals surface area contributed by atoms with E-state index in [4.69, 9.17) is 17.0 Å². The van der Waals surface area contributed by atoms with Crippen LogP contribution in [0.1, 0.15) is 6.92 Å². The van der Waals surface area contributed by atoms with Crippen molar-refractivity contribution in [2.24, 2.45) is 0 Å². The number of aromatic nitrogens is 2. The Balaban J connectivity index is 2.79. The highest BCUT2D eigenvalue weighted by Crippen LogP contribution is 2.08. The van der Waals surface area contributed by atoms with Gasteiger partial charge in [-0.15, -0.1) is 0 Å². The molecule has 0 bridgehead atoms. The van der Waals surface area contributed by atoms with Crippen LogP contribution in [0.4, 0.5) is 0 Å². The number of rotatable bonds is 1.